The van der Waals surface area contributed by atoms with Gasteiger partial charge in [0, 0.05) is 5.56 Å². The van der Waals surface area contributed by atoms with Crippen molar-refractivity contribution in [3.05, 3.63) is 29.8 Å². The first kappa shape index (κ1) is 12.9. The maximum atomic E-state index is 10.9. The number of aryl methyl sites for hydroxylation is 1. The molecule has 0 bridgehead atoms. The molecule has 2 rings (SSSR count). The lowest BCUT2D eigenvalue weighted by Gasteiger charge is -1.98. The van der Waals surface area contributed by atoms with Gasteiger partial charge in [0.15, 0.2) is 6.61 Å². The van der Waals surface area contributed by atoms with Crippen molar-refractivity contribution in [3.8, 4) is 17.4 Å². The van der Waals surface area contributed by atoms with E-state index in [1.54, 1.807) is 12.1 Å². The summed E-state index contributed by atoms with van der Waals surface area (Å²) in [6.07, 6.45) is 0. The summed E-state index contributed by atoms with van der Waals surface area (Å²) in [6.45, 7) is 1.65. The molecule has 7 heteroatoms. The summed E-state index contributed by atoms with van der Waals surface area (Å²) in [5, 5.41) is 13.3. The molecule has 0 aliphatic carbocycles. The zero-order valence-electron chi connectivity index (χ0n) is 10.5. The molecule has 0 saturated heterocycles. The summed E-state index contributed by atoms with van der Waals surface area (Å²) >= 11 is 0. The van der Waals surface area contributed by atoms with Gasteiger partial charge in [-0.05, 0) is 6.92 Å². The van der Waals surface area contributed by atoms with Crippen molar-refractivity contribution in [2.45, 2.75) is 6.92 Å². The average molecular weight is 263 g/mol. The van der Waals surface area contributed by atoms with Gasteiger partial charge in [-0.15, -0.1) is 0 Å². The average Bonchev–Trinajstić information content (AvgIpc) is 2.78. The van der Waals surface area contributed by atoms with E-state index in [1.165, 1.54) is 7.11 Å². The quantitative estimate of drug-likeness (QED) is 0.655. The van der Waals surface area contributed by atoms with Crippen LogP contribution in [0.2, 0.25) is 0 Å². The molecule has 1 aromatic heterocycles. The topological polar surface area (TPSA) is 86.5 Å². The molecule has 0 aliphatic rings. The minimum absolute atomic E-state index is 0.0940. The number of ether oxygens (including phenoxy) is 2. The smallest absolute Gasteiger partial charge is 0.344 e. The van der Waals surface area contributed by atoms with Gasteiger partial charge in [0.1, 0.15) is 0 Å². The standard InChI is InChI=1S/C12H13N3O4/c1-8-3-5-9(6-4-8)11-13-12(14-15(11)17)19-7-10(16)18-2/h3-6,17H,7H2,1-2H3. The number of esters is 1. The van der Waals surface area contributed by atoms with E-state index in [1.807, 2.05) is 19.1 Å². The van der Waals surface area contributed by atoms with Crippen LogP contribution in [0.3, 0.4) is 0 Å². The molecule has 0 radical (unpaired) electrons. The number of benzene rings is 1. The van der Waals surface area contributed by atoms with E-state index in [2.05, 4.69) is 14.8 Å². The fraction of sp³-hybridized carbons (Fsp3) is 0.250. The second kappa shape index (κ2) is 5.38. The van der Waals surface area contributed by atoms with E-state index in [0.717, 1.165) is 5.56 Å². The minimum Gasteiger partial charge on any atom is -0.466 e. The van der Waals surface area contributed by atoms with Crippen molar-refractivity contribution in [2.75, 3.05) is 13.7 Å². The highest BCUT2D eigenvalue weighted by Crippen LogP contribution is 2.19. The first-order chi connectivity index (χ1) is 9.10. The minimum atomic E-state index is -0.550. The van der Waals surface area contributed by atoms with E-state index in [9.17, 15) is 10.0 Å². The number of nitrogens with zero attached hydrogens (tertiary/aromatic N) is 3. The largest absolute Gasteiger partial charge is 0.466 e. The van der Waals surface area contributed by atoms with Gasteiger partial charge in [0.05, 0.1) is 7.11 Å². The number of rotatable bonds is 4. The Morgan fingerprint density at radius 1 is 1.37 bits per heavy atom. The van der Waals surface area contributed by atoms with Crippen LogP contribution in [0.25, 0.3) is 11.4 Å². The Balaban J connectivity index is 2.16. The van der Waals surface area contributed by atoms with Crippen LogP contribution in [0, 0.1) is 6.92 Å². The third-order valence-corrected chi connectivity index (χ3v) is 2.43. The van der Waals surface area contributed by atoms with Gasteiger partial charge in [-0.25, -0.2) is 4.79 Å². The van der Waals surface area contributed by atoms with Crippen LogP contribution < -0.4 is 4.74 Å². The molecule has 0 spiro atoms. The lowest BCUT2D eigenvalue weighted by atomic mass is 10.1. The van der Waals surface area contributed by atoms with Gasteiger partial charge in [-0.1, -0.05) is 39.8 Å². The van der Waals surface area contributed by atoms with Crippen molar-refractivity contribution in [1.29, 1.82) is 0 Å². The van der Waals surface area contributed by atoms with Crippen molar-refractivity contribution in [1.82, 2.24) is 14.9 Å². The van der Waals surface area contributed by atoms with Crippen LogP contribution in [0.1, 0.15) is 5.56 Å². The maximum Gasteiger partial charge on any atom is 0.344 e. The zero-order valence-corrected chi connectivity index (χ0v) is 10.5. The Bertz CT molecular complexity index is 577. The Morgan fingerprint density at radius 2 is 2.05 bits per heavy atom. The maximum absolute atomic E-state index is 10.9. The molecule has 2 aromatic rings. The van der Waals surface area contributed by atoms with E-state index >= 15 is 0 Å². The van der Waals surface area contributed by atoms with Gasteiger partial charge in [-0.3, -0.25) is 0 Å². The van der Waals surface area contributed by atoms with Crippen LogP contribution in [-0.4, -0.2) is 39.8 Å². The SMILES string of the molecule is COC(=O)COc1nc(-c2ccc(C)cc2)n(O)n1. The van der Waals surface area contributed by atoms with E-state index < -0.39 is 5.97 Å². The van der Waals surface area contributed by atoms with Gasteiger partial charge < -0.3 is 14.7 Å². The summed E-state index contributed by atoms with van der Waals surface area (Å²) < 4.78 is 9.41. The zero-order chi connectivity index (χ0) is 13.8. The molecular weight excluding hydrogens is 250 g/mol. The van der Waals surface area contributed by atoms with Gasteiger partial charge in [-0.2, -0.15) is 4.98 Å². The second-order valence-corrected chi connectivity index (χ2v) is 3.84. The highest BCUT2D eigenvalue weighted by Gasteiger charge is 2.13. The van der Waals surface area contributed by atoms with Crippen LogP contribution >= 0.6 is 0 Å². The molecule has 19 heavy (non-hydrogen) atoms. The summed E-state index contributed by atoms with van der Waals surface area (Å²) in [4.78, 5) is 15.5. The third kappa shape index (κ3) is 3.01. The van der Waals surface area contributed by atoms with Crippen LogP contribution in [0.5, 0.6) is 6.01 Å². The van der Waals surface area contributed by atoms with E-state index in [-0.39, 0.29) is 18.4 Å². The Labute approximate surface area is 109 Å². The predicted molar refractivity (Wildman–Crippen MR) is 64.9 cm³/mol. The van der Waals surface area contributed by atoms with Gasteiger partial charge >= 0.3 is 12.0 Å². The molecule has 0 saturated carbocycles. The van der Waals surface area contributed by atoms with Crippen LogP contribution in [0.4, 0.5) is 0 Å². The molecular formula is C12H13N3O4. The van der Waals surface area contributed by atoms with E-state index in [0.29, 0.717) is 10.4 Å². The number of methoxy groups -OCH3 is 1. The molecule has 0 atom stereocenters. The number of hydrogen-bond donors (Lipinski definition) is 1. The molecule has 100 valence electrons. The predicted octanol–water partition coefficient (Wildman–Crippen LogP) is 1.04. The van der Waals surface area contributed by atoms with Gasteiger partial charge in [0.25, 0.3) is 0 Å². The third-order valence-electron chi connectivity index (χ3n) is 2.43. The van der Waals surface area contributed by atoms with Crippen molar-refractivity contribution in [2.24, 2.45) is 0 Å². The molecule has 0 amide bonds. The normalized spacial score (nSPS) is 10.2. The monoisotopic (exact) mass is 263 g/mol. The summed E-state index contributed by atoms with van der Waals surface area (Å²) in [6, 6.07) is 7.29. The molecule has 0 aliphatic heterocycles. The molecule has 0 fully saturated rings. The van der Waals surface area contributed by atoms with Gasteiger partial charge in [0.2, 0.25) is 5.82 Å². The number of hydrogen-bond acceptors (Lipinski definition) is 6. The Morgan fingerprint density at radius 3 is 2.68 bits per heavy atom. The highest BCUT2D eigenvalue weighted by molar-refractivity contribution is 5.70. The summed E-state index contributed by atoms with van der Waals surface area (Å²) in [5.74, 6) is -0.314. The van der Waals surface area contributed by atoms with Crippen molar-refractivity contribution in [3.63, 3.8) is 0 Å². The molecule has 1 heterocycles. The Kier molecular flexibility index (Phi) is 3.65. The first-order valence-electron chi connectivity index (χ1n) is 5.53. The molecule has 7 nitrogen and oxygen atoms in total. The molecule has 0 unspecified atom stereocenters. The second-order valence-electron chi connectivity index (χ2n) is 3.84. The van der Waals surface area contributed by atoms with Crippen molar-refractivity contribution >= 4 is 5.97 Å². The molecule has 1 N–H and O–H groups in total. The summed E-state index contributed by atoms with van der Waals surface area (Å²) in [7, 11) is 1.25. The number of aromatic nitrogens is 3. The number of carbonyl (C=O) groups is 1. The Hall–Kier alpha value is -2.57. The lowest BCUT2D eigenvalue weighted by molar-refractivity contribution is -0.143. The molecule has 1 aromatic carbocycles. The fourth-order valence-corrected chi connectivity index (χ4v) is 1.41. The van der Waals surface area contributed by atoms with Crippen LogP contribution in [-0.2, 0) is 9.53 Å². The van der Waals surface area contributed by atoms with Crippen LogP contribution in [0.15, 0.2) is 24.3 Å². The summed E-state index contributed by atoms with van der Waals surface area (Å²) in [5.41, 5.74) is 1.78. The highest BCUT2D eigenvalue weighted by atomic mass is 16.6. The fourth-order valence-electron chi connectivity index (χ4n) is 1.41. The number of carbonyl (C=O) groups excluding carboxylic acids is 1. The van der Waals surface area contributed by atoms with E-state index in [4.69, 9.17) is 4.74 Å². The first-order valence-corrected chi connectivity index (χ1v) is 5.53. The lowest BCUT2D eigenvalue weighted by Crippen LogP contribution is -2.13. The van der Waals surface area contributed by atoms with Crippen molar-refractivity contribution < 1.29 is 19.5 Å².